The molecule has 1 heterocycles. The number of hydrogen-bond donors (Lipinski definition) is 0. The van der Waals surface area contributed by atoms with Gasteiger partial charge in [0.25, 0.3) is 0 Å². The zero-order chi connectivity index (χ0) is 20.3. The van der Waals surface area contributed by atoms with Crippen LogP contribution in [0.5, 0.6) is 5.75 Å². The number of nitrogens with zero attached hydrogens (tertiary/aromatic N) is 1. The maximum Gasteiger partial charge on any atom is 0.246 e. The molecule has 0 saturated carbocycles. The van der Waals surface area contributed by atoms with Crippen LogP contribution in [0.25, 0.3) is 6.08 Å². The van der Waals surface area contributed by atoms with Crippen molar-refractivity contribution in [3.8, 4) is 5.75 Å². The summed E-state index contributed by atoms with van der Waals surface area (Å²) in [5.74, 6) is 0.888. The molecule has 0 N–H and O–H groups in total. The fourth-order valence-corrected chi connectivity index (χ4v) is 4.84. The highest BCUT2D eigenvalue weighted by Crippen LogP contribution is 2.48. The molecule has 1 aliphatic rings. The third-order valence-electron chi connectivity index (χ3n) is 5.18. The summed E-state index contributed by atoms with van der Waals surface area (Å²) in [6.07, 6.45) is 4.23. The zero-order valence-electron chi connectivity index (χ0n) is 16.5. The van der Waals surface area contributed by atoms with Crippen molar-refractivity contribution in [3.63, 3.8) is 0 Å². The van der Waals surface area contributed by atoms with Gasteiger partial charge in [0, 0.05) is 10.6 Å². The Kier molecular flexibility index (Phi) is 5.45. The Labute approximate surface area is 176 Å². The Balaban J connectivity index is 1.67. The smallest absolute Gasteiger partial charge is 0.246 e. The fraction of sp³-hybridized carbons (Fsp3) is 0.160. The largest absolute Gasteiger partial charge is 0.497 e. The second-order valence-electron chi connectivity index (χ2n) is 7.11. The number of methoxy groups -OCH3 is 1. The molecule has 4 rings (SSSR count). The Morgan fingerprint density at radius 2 is 1.55 bits per heavy atom. The average Bonchev–Trinajstić information content (AvgIpc) is 2.77. The van der Waals surface area contributed by atoms with E-state index >= 15 is 0 Å². The van der Waals surface area contributed by atoms with Gasteiger partial charge in [-0.1, -0.05) is 60.7 Å². The van der Waals surface area contributed by atoms with Crippen molar-refractivity contribution in [2.24, 2.45) is 0 Å². The van der Waals surface area contributed by atoms with E-state index in [9.17, 15) is 4.79 Å². The highest BCUT2D eigenvalue weighted by molar-refractivity contribution is 8.01. The molecular formula is C25H23NO2S. The molecule has 1 aliphatic heterocycles. The highest BCUT2D eigenvalue weighted by Gasteiger charge is 2.57. The maximum atomic E-state index is 13.3. The Bertz CT molecular complexity index is 1000. The van der Waals surface area contributed by atoms with Crippen molar-refractivity contribution in [2.45, 2.75) is 22.6 Å². The van der Waals surface area contributed by atoms with Gasteiger partial charge in [-0.2, -0.15) is 0 Å². The Morgan fingerprint density at radius 1 is 0.931 bits per heavy atom. The van der Waals surface area contributed by atoms with Crippen molar-refractivity contribution in [1.82, 2.24) is 0 Å². The summed E-state index contributed by atoms with van der Waals surface area (Å²) in [5, 5.41) is 0. The summed E-state index contributed by atoms with van der Waals surface area (Å²) in [5.41, 5.74) is 2.00. The summed E-state index contributed by atoms with van der Waals surface area (Å²) in [6.45, 7) is 2.03. The minimum Gasteiger partial charge on any atom is -0.497 e. The van der Waals surface area contributed by atoms with Gasteiger partial charge in [0.1, 0.15) is 10.5 Å². The molecule has 3 nitrogen and oxygen atoms in total. The molecule has 3 aromatic carbocycles. The molecule has 0 aromatic heterocycles. The van der Waals surface area contributed by atoms with E-state index in [2.05, 4.69) is 36.4 Å². The van der Waals surface area contributed by atoms with Crippen molar-refractivity contribution < 1.29 is 9.53 Å². The normalized spacial score (nSPS) is 21.2. The van der Waals surface area contributed by atoms with Crippen molar-refractivity contribution >= 4 is 29.4 Å². The number of rotatable bonds is 6. The molecule has 3 aromatic rings. The SMILES string of the molecule is COc1ccc(N2C(=O)[C@@](C)(Sc3ccccc3)[C@H]2/C=C/c2ccccc2)cc1. The van der Waals surface area contributed by atoms with Gasteiger partial charge in [-0.25, -0.2) is 0 Å². The van der Waals surface area contributed by atoms with Crippen LogP contribution in [-0.2, 0) is 4.79 Å². The second-order valence-corrected chi connectivity index (χ2v) is 8.63. The minimum atomic E-state index is -0.563. The van der Waals surface area contributed by atoms with Crippen LogP contribution in [0.1, 0.15) is 12.5 Å². The van der Waals surface area contributed by atoms with E-state index in [4.69, 9.17) is 4.74 Å². The first-order valence-electron chi connectivity index (χ1n) is 9.57. The molecule has 1 amide bonds. The van der Waals surface area contributed by atoms with E-state index in [-0.39, 0.29) is 11.9 Å². The van der Waals surface area contributed by atoms with Crippen LogP contribution in [0.4, 0.5) is 5.69 Å². The molecule has 146 valence electrons. The Morgan fingerprint density at radius 3 is 2.17 bits per heavy atom. The summed E-state index contributed by atoms with van der Waals surface area (Å²) in [4.78, 5) is 16.3. The van der Waals surface area contributed by atoms with Gasteiger partial charge in [0.2, 0.25) is 5.91 Å². The summed E-state index contributed by atoms with van der Waals surface area (Å²) in [7, 11) is 1.64. The van der Waals surface area contributed by atoms with Gasteiger partial charge in [0.15, 0.2) is 0 Å². The van der Waals surface area contributed by atoms with Crippen LogP contribution in [0.3, 0.4) is 0 Å². The van der Waals surface area contributed by atoms with Crippen molar-refractivity contribution in [3.05, 3.63) is 96.6 Å². The first kappa shape index (κ1) is 19.3. The number of thioether (sulfide) groups is 1. The molecular weight excluding hydrogens is 378 g/mol. The molecule has 4 heteroatoms. The topological polar surface area (TPSA) is 29.5 Å². The number of anilines is 1. The lowest BCUT2D eigenvalue weighted by atomic mass is 9.86. The molecule has 29 heavy (non-hydrogen) atoms. The van der Waals surface area contributed by atoms with E-state index in [1.54, 1.807) is 18.9 Å². The number of β-lactam (4-membered cyclic amide) rings is 1. The molecule has 2 atom stereocenters. The summed E-state index contributed by atoms with van der Waals surface area (Å²) in [6, 6.07) is 27.9. The van der Waals surface area contributed by atoms with E-state index in [0.29, 0.717) is 0 Å². The number of benzene rings is 3. The van der Waals surface area contributed by atoms with Gasteiger partial charge in [-0.3, -0.25) is 4.79 Å². The summed E-state index contributed by atoms with van der Waals surface area (Å²) >= 11 is 1.62. The van der Waals surface area contributed by atoms with Gasteiger partial charge in [-0.05, 0) is 48.9 Å². The van der Waals surface area contributed by atoms with Crippen molar-refractivity contribution in [2.75, 3.05) is 12.0 Å². The van der Waals surface area contributed by atoms with Crippen LogP contribution in [0.2, 0.25) is 0 Å². The third kappa shape index (κ3) is 3.81. The average molecular weight is 402 g/mol. The molecule has 0 bridgehead atoms. The quantitative estimate of drug-likeness (QED) is 0.498. The van der Waals surface area contributed by atoms with Gasteiger partial charge in [0.05, 0.1) is 13.2 Å². The summed E-state index contributed by atoms with van der Waals surface area (Å²) < 4.78 is 4.70. The third-order valence-corrected chi connectivity index (χ3v) is 6.53. The first-order valence-corrected chi connectivity index (χ1v) is 10.4. The van der Waals surface area contributed by atoms with Crippen LogP contribution < -0.4 is 9.64 Å². The molecule has 0 aliphatic carbocycles. The van der Waals surface area contributed by atoms with Crippen LogP contribution in [0.15, 0.2) is 95.9 Å². The Hall–Kier alpha value is -2.98. The molecule has 0 spiro atoms. The number of carbonyl (C=O) groups excluding carboxylic acids is 1. The second kappa shape index (κ2) is 8.18. The van der Waals surface area contributed by atoms with Gasteiger partial charge >= 0.3 is 0 Å². The van der Waals surface area contributed by atoms with Crippen LogP contribution in [-0.4, -0.2) is 23.8 Å². The predicted octanol–water partition coefficient (Wildman–Crippen LogP) is 5.67. The van der Waals surface area contributed by atoms with E-state index < -0.39 is 4.75 Å². The molecule has 1 saturated heterocycles. The number of carbonyl (C=O) groups is 1. The molecule has 1 fully saturated rings. The predicted molar refractivity (Wildman–Crippen MR) is 120 cm³/mol. The van der Waals surface area contributed by atoms with Crippen LogP contribution in [0, 0.1) is 0 Å². The molecule has 0 unspecified atom stereocenters. The highest BCUT2D eigenvalue weighted by atomic mass is 32.2. The van der Waals surface area contributed by atoms with Crippen LogP contribution >= 0.6 is 11.8 Å². The number of ether oxygens (including phenoxy) is 1. The van der Waals surface area contributed by atoms with Gasteiger partial charge in [-0.15, -0.1) is 11.8 Å². The first-order chi connectivity index (χ1) is 14.1. The van der Waals surface area contributed by atoms with E-state index in [0.717, 1.165) is 21.9 Å². The standard InChI is InChI=1S/C25H23NO2S/c1-25(29-22-11-7-4-8-12-22)23(18-13-19-9-5-3-6-10-19)26(24(25)27)20-14-16-21(28-2)17-15-20/h3-18,23H,1-2H3/b18-13+/t23-,25+/m1/s1. The van der Waals surface area contributed by atoms with E-state index in [1.807, 2.05) is 72.5 Å². The van der Waals surface area contributed by atoms with Crippen molar-refractivity contribution in [1.29, 1.82) is 0 Å². The van der Waals surface area contributed by atoms with Gasteiger partial charge < -0.3 is 9.64 Å². The van der Waals surface area contributed by atoms with E-state index in [1.165, 1.54) is 0 Å². The fourth-order valence-electron chi connectivity index (χ4n) is 3.57. The lowest BCUT2D eigenvalue weighted by Gasteiger charge is -2.52. The lowest BCUT2D eigenvalue weighted by Crippen LogP contribution is -2.70. The minimum absolute atomic E-state index is 0.0613. The monoisotopic (exact) mass is 401 g/mol. The number of amides is 1. The zero-order valence-corrected chi connectivity index (χ0v) is 17.3. The lowest BCUT2D eigenvalue weighted by molar-refractivity contribution is -0.126. The molecule has 0 radical (unpaired) electrons. The number of hydrogen-bond acceptors (Lipinski definition) is 3. The maximum absolute atomic E-state index is 13.3.